The van der Waals surface area contributed by atoms with Gasteiger partial charge in [0.15, 0.2) is 0 Å². The fourth-order valence-corrected chi connectivity index (χ4v) is 2.84. The van der Waals surface area contributed by atoms with E-state index in [1.807, 2.05) is 32.0 Å². The molecule has 1 aliphatic rings. The van der Waals surface area contributed by atoms with Gasteiger partial charge in [-0.3, -0.25) is 0 Å². The number of rotatable bonds is 4. The lowest BCUT2D eigenvalue weighted by Gasteiger charge is -2.29. The lowest BCUT2D eigenvalue weighted by molar-refractivity contribution is -0.0796. The molecule has 0 amide bonds. The van der Waals surface area contributed by atoms with Gasteiger partial charge in [0.2, 0.25) is 0 Å². The maximum Gasteiger partial charge on any atom is 0.133 e. The van der Waals surface area contributed by atoms with Gasteiger partial charge in [0, 0.05) is 6.61 Å². The summed E-state index contributed by atoms with van der Waals surface area (Å²) in [5, 5.41) is 10.4. The first-order valence-corrected chi connectivity index (χ1v) is 7.10. The van der Waals surface area contributed by atoms with Crippen molar-refractivity contribution >= 4 is 15.9 Å². The van der Waals surface area contributed by atoms with E-state index in [0.717, 1.165) is 35.2 Å². The average molecular weight is 315 g/mol. The van der Waals surface area contributed by atoms with Gasteiger partial charge in [-0.1, -0.05) is 6.07 Å². The van der Waals surface area contributed by atoms with Crippen LogP contribution in [0, 0.1) is 0 Å². The van der Waals surface area contributed by atoms with Crippen LogP contribution in [0.3, 0.4) is 0 Å². The first-order valence-electron chi connectivity index (χ1n) is 6.31. The summed E-state index contributed by atoms with van der Waals surface area (Å²) in [6.07, 6.45) is 1.29. The molecule has 3 nitrogen and oxygen atoms in total. The molecule has 1 saturated heterocycles. The van der Waals surface area contributed by atoms with Gasteiger partial charge in [-0.25, -0.2) is 0 Å². The van der Waals surface area contributed by atoms with Crippen LogP contribution >= 0.6 is 15.9 Å². The fourth-order valence-electron chi connectivity index (χ4n) is 2.33. The quantitative estimate of drug-likeness (QED) is 0.925. The average Bonchev–Trinajstić information content (AvgIpc) is 2.79. The van der Waals surface area contributed by atoms with E-state index in [2.05, 4.69) is 15.9 Å². The molecule has 1 aromatic carbocycles. The van der Waals surface area contributed by atoms with Crippen LogP contribution in [0.25, 0.3) is 0 Å². The van der Waals surface area contributed by atoms with Gasteiger partial charge in [-0.2, -0.15) is 0 Å². The van der Waals surface area contributed by atoms with E-state index < -0.39 is 11.7 Å². The molecule has 0 radical (unpaired) electrons. The number of hydrogen-bond acceptors (Lipinski definition) is 3. The van der Waals surface area contributed by atoms with Gasteiger partial charge in [0.1, 0.15) is 11.9 Å². The lowest BCUT2D eigenvalue weighted by Crippen LogP contribution is -2.31. The Morgan fingerprint density at radius 3 is 2.89 bits per heavy atom. The molecule has 2 unspecified atom stereocenters. The second kappa shape index (κ2) is 5.59. The molecular formula is C14H19BrO3. The predicted molar refractivity (Wildman–Crippen MR) is 73.9 cm³/mol. The third kappa shape index (κ3) is 2.71. The Labute approximate surface area is 116 Å². The maximum absolute atomic E-state index is 10.4. The van der Waals surface area contributed by atoms with E-state index in [1.165, 1.54) is 0 Å². The van der Waals surface area contributed by atoms with Crippen LogP contribution in [0.15, 0.2) is 22.7 Å². The molecule has 0 aliphatic carbocycles. The zero-order valence-electron chi connectivity index (χ0n) is 10.8. The van der Waals surface area contributed by atoms with Crippen molar-refractivity contribution in [1.82, 2.24) is 0 Å². The molecule has 4 heteroatoms. The van der Waals surface area contributed by atoms with E-state index >= 15 is 0 Å². The Hall–Kier alpha value is -0.580. The number of hydrogen-bond donors (Lipinski definition) is 1. The van der Waals surface area contributed by atoms with Gasteiger partial charge in [-0.15, -0.1) is 0 Å². The second-order valence-corrected chi connectivity index (χ2v) is 5.64. The van der Waals surface area contributed by atoms with Crippen LogP contribution < -0.4 is 4.74 Å². The Balaban J connectivity index is 2.20. The summed E-state index contributed by atoms with van der Waals surface area (Å²) < 4.78 is 12.0. The molecule has 1 fully saturated rings. The van der Waals surface area contributed by atoms with Crippen molar-refractivity contribution in [2.75, 3.05) is 13.2 Å². The minimum atomic E-state index is -0.605. The summed E-state index contributed by atoms with van der Waals surface area (Å²) in [7, 11) is 0. The van der Waals surface area contributed by atoms with E-state index in [0.29, 0.717) is 6.61 Å². The molecular weight excluding hydrogens is 296 g/mol. The number of benzene rings is 1. The summed E-state index contributed by atoms with van der Waals surface area (Å²) >= 11 is 3.47. The highest BCUT2D eigenvalue weighted by Crippen LogP contribution is 2.39. The summed E-state index contributed by atoms with van der Waals surface area (Å²) in [6.45, 7) is 5.27. The molecule has 0 spiro atoms. The molecule has 1 heterocycles. The van der Waals surface area contributed by atoms with Crippen LogP contribution in [0.2, 0.25) is 0 Å². The number of ether oxygens (including phenoxy) is 2. The van der Waals surface area contributed by atoms with Gasteiger partial charge < -0.3 is 14.6 Å². The van der Waals surface area contributed by atoms with E-state index in [-0.39, 0.29) is 0 Å². The van der Waals surface area contributed by atoms with Gasteiger partial charge in [0.05, 0.1) is 16.7 Å². The molecule has 1 aromatic rings. The zero-order chi connectivity index (χ0) is 13.2. The molecule has 0 saturated carbocycles. The van der Waals surface area contributed by atoms with Crippen molar-refractivity contribution in [3.63, 3.8) is 0 Å². The molecule has 0 bridgehead atoms. The maximum atomic E-state index is 10.4. The molecule has 100 valence electrons. The minimum Gasteiger partial charge on any atom is -0.493 e. The summed E-state index contributed by atoms with van der Waals surface area (Å²) in [4.78, 5) is 0. The van der Waals surface area contributed by atoms with Crippen molar-refractivity contribution in [2.45, 2.75) is 38.4 Å². The first-order chi connectivity index (χ1) is 8.57. The molecule has 1 N–H and O–H groups in total. The summed E-state index contributed by atoms with van der Waals surface area (Å²) in [5.41, 5.74) is 0.391. The Kier molecular flexibility index (Phi) is 4.30. The van der Waals surface area contributed by atoms with Gasteiger partial charge in [-0.05, 0) is 60.3 Å². The lowest BCUT2D eigenvalue weighted by atomic mass is 9.90. The second-order valence-electron chi connectivity index (χ2n) is 4.79. The predicted octanol–water partition coefficient (Wildman–Crippen LogP) is 3.45. The highest BCUT2D eigenvalue weighted by Gasteiger charge is 2.38. The van der Waals surface area contributed by atoms with Crippen LogP contribution in [-0.2, 0) is 4.74 Å². The molecule has 0 aromatic heterocycles. The normalized spacial score (nSPS) is 25.1. The first kappa shape index (κ1) is 13.8. The fraction of sp³-hybridized carbons (Fsp3) is 0.571. The van der Waals surface area contributed by atoms with Gasteiger partial charge in [0.25, 0.3) is 0 Å². The molecule has 18 heavy (non-hydrogen) atoms. The minimum absolute atomic E-state index is 0.466. The van der Waals surface area contributed by atoms with Crippen molar-refractivity contribution in [1.29, 1.82) is 0 Å². The summed E-state index contributed by atoms with van der Waals surface area (Å²) in [6, 6.07) is 5.68. The Morgan fingerprint density at radius 2 is 2.33 bits per heavy atom. The molecule has 1 aliphatic heterocycles. The third-order valence-corrected chi connectivity index (χ3v) is 4.02. The Morgan fingerprint density at radius 1 is 1.56 bits per heavy atom. The van der Waals surface area contributed by atoms with Crippen molar-refractivity contribution in [2.24, 2.45) is 0 Å². The molecule has 2 rings (SSSR count). The SMILES string of the molecule is CCOc1ccc(C(O)C2(C)CCCO2)cc1Br. The third-order valence-electron chi connectivity index (χ3n) is 3.40. The largest absolute Gasteiger partial charge is 0.493 e. The van der Waals surface area contributed by atoms with Crippen LogP contribution in [0.5, 0.6) is 5.75 Å². The number of halogens is 1. The van der Waals surface area contributed by atoms with Crippen LogP contribution in [-0.4, -0.2) is 23.9 Å². The van der Waals surface area contributed by atoms with Crippen molar-refractivity contribution < 1.29 is 14.6 Å². The highest BCUT2D eigenvalue weighted by molar-refractivity contribution is 9.10. The summed E-state index contributed by atoms with van der Waals surface area (Å²) in [5.74, 6) is 0.797. The van der Waals surface area contributed by atoms with E-state index in [9.17, 15) is 5.11 Å². The monoisotopic (exact) mass is 314 g/mol. The number of aliphatic hydroxyl groups excluding tert-OH is 1. The van der Waals surface area contributed by atoms with Crippen LogP contribution in [0.1, 0.15) is 38.4 Å². The number of aliphatic hydroxyl groups is 1. The highest BCUT2D eigenvalue weighted by atomic mass is 79.9. The van der Waals surface area contributed by atoms with Gasteiger partial charge >= 0.3 is 0 Å². The molecule has 2 atom stereocenters. The standard InChI is InChI=1S/C14H19BrO3/c1-3-17-12-6-5-10(9-11(12)15)13(16)14(2)7-4-8-18-14/h5-6,9,13,16H,3-4,7-8H2,1-2H3. The zero-order valence-corrected chi connectivity index (χ0v) is 12.4. The van der Waals surface area contributed by atoms with Crippen LogP contribution in [0.4, 0.5) is 0 Å². The van der Waals surface area contributed by atoms with E-state index in [4.69, 9.17) is 9.47 Å². The van der Waals surface area contributed by atoms with Crippen molar-refractivity contribution in [3.8, 4) is 5.75 Å². The Bertz CT molecular complexity index is 414. The topological polar surface area (TPSA) is 38.7 Å². The van der Waals surface area contributed by atoms with E-state index in [1.54, 1.807) is 0 Å². The smallest absolute Gasteiger partial charge is 0.133 e. The van der Waals surface area contributed by atoms with Crippen molar-refractivity contribution in [3.05, 3.63) is 28.2 Å².